The molecule has 0 unspecified atom stereocenters. The lowest BCUT2D eigenvalue weighted by Crippen LogP contribution is -1.94. The van der Waals surface area contributed by atoms with Crippen LogP contribution < -0.4 is 0 Å². The van der Waals surface area contributed by atoms with Gasteiger partial charge in [0.05, 0.1) is 0 Å². The Balaban J connectivity index is 2.63. The predicted octanol–water partition coefficient (Wildman–Crippen LogP) is 5.23. The van der Waals surface area contributed by atoms with Crippen LogP contribution in [0, 0.1) is 6.92 Å². The zero-order valence-corrected chi connectivity index (χ0v) is 11.4. The molecule has 0 saturated carbocycles. The largest absolute Gasteiger partial charge is 0.0651 e. The highest BCUT2D eigenvalue weighted by Crippen LogP contribution is 2.30. The normalized spacial score (nSPS) is 12.2. The zero-order chi connectivity index (χ0) is 13.0. The minimum Gasteiger partial charge on any atom is -0.0651 e. The maximum atomic E-state index is 2.23. The van der Waals surface area contributed by atoms with Crippen LogP contribution in [0.5, 0.6) is 0 Å². The van der Waals surface area contributed by atoms with Gasteiger partial charge in [0, 0.05) is 0 Å². The van der Waals surface area contributed by atoms with Crippen molar-refractivity contribution in [2.75, 3.05) is 0 Å². The molecule has 18 heavy (non-hydrogen) atoms. The summed E-state index contributed by atoms with van der Waals surface area (Å²) in [6, 6.07) is 19.3. The van der Waals surface area contributed by atoms with Crippen LogP contribution in [0.25, 0.3) is 5.57 Å². The molecular formula is C18H20. The molecule has 0 saturated heterocycles. The van der Waals surface area contributed by atoms with E-state index in [1.807, 2.05) is 0 Å². The fourth-order valence-corrected chi connectivity index (χ4v) is 2.27. The Hall–Kier alpha value is -1.82. The second kappa shape index (κ2) is 5.68. The topological polar surface area (TPSA) is 0 Å². The van der Waals surface area contributed by atoms with Gasteiger partial charge >= 0.3 is 0 Å². The van der Waals surface area contributed by atoms with Gasteiger partial charge in [0.1, 0.15) is 0 Å². The third-order valence-electron chi connectivity index (χ3n) is 3.43. The van der Waals surface area contributed by atoms with E-state index < -0.39 is 0 Å². The smallest absolute Gasteiger partial charge is 0.0120 e. The Morgan fingerprint density at radius 1 is 0.889 bits per heavy atom. The van der Waals surface area contributed by atoms with Crippen molar-refractivity contribution in [1.29, 1.82) is 0 Å². The molecule has 0 spiro atoms. The highest BCUT2D eigenvalue weighted by Gasteiger charge is 2.09. The summed E-state index contributed by atoms with van der Waals surface area (Å²) in [6.07, 6.45) is 1.08. The number of hydrogen-bond donors (Lipinski definition) is 0. The lowest BCUT2D eigenvalue weighted by molar-refractivity contribution is 1.10. The van der Waals surface area contributed by atoms with Crippen molar-refractivity contribution in [3.63, 3.8) is 0 Å². The third kappa shape index (κ3) is 2.53. The summed E-state index contributed by atoms with van der Waals surface area (Å²) in [4.78, 5) is 0. The summed E-state index contributed by atoms with van der Waals surface area (Å²) in [6.45, 7) is 6.63. The van der Waals surface area contributed by atoms with E-state index in [1.165, 1.54) is 27.8 Å². The third-order valence-corrected chi connectivity index (χ3v) is 3.43. The number of benzene rings is 2. The Kier molecular flexibility index (Phi) is 3.99. The Bertz CT molecular complexity index is 547. The lowest BCUT2D eigenvalue weighted by atomic mass is 9.90. The first-order valence-electron chi connectivity index (χ1n) is 6.55. The Morgan fingerprint density at radius 3 is 2.11 bits per heavy atom. The maximum absolute atomic E-state index is 2.23. The van der Waals surface area contributed by atoms with Crippen molar-refractivity contribution >= 4 is 5.57 Å². The van der Waals surface area contributed by atoms with Crippen LogP contribution in [0.2, 0.25) is 0 Å². The van der Waals surface area contributed by atoms with E-state index in [0.717, 1.165) is 6.42 Å². The number of rotatable bonds is 3. The van der Waals surface area contributed by atoms with Crippen LogP contribution in [-0.4, -0.2) is 0 Å². The summed E-state index contributed by atoms with van der Waals surface area (Å²) in [5, 5.41) is 0. The zero-order valence-electron chi connectivity index (χ0n) is 11.4. The molecule has 0 aliphatic heterocycles. The molecule has 0 bridgehead atoms. The van der Waals surface area contributed by atoms with Crippen LogP contribution in [-0.2, 0) is 0 Å². The first kappa shape index (κ1) is 12.6. The van der Waals surface area contributed by atoms with Gasteiger partial charge in [-0.05, 0) is 42.5 Å². The number of hydrogen-bond acceptors (Lipinski definition) is 0. The first-order chi connectivity index (χ1) is 8.74. The van der Waals surface area contributed by atoms with Crippen LogP contribution >= 0.6 is 0 Å². The van der Waals surface area contributed by atoms with Crippen molar-refractivity contribution < 1.29 is 0 Å². The molecule has 92 valence electrons. The highest BCUT2D eigenvalue weighted by molar-refractivity contribution is 5.83. The number of allylic oxidation sites excluding steroid dienone is 1. The lowest BCUT2D eigenvalue weighted by Gasteiger charge is -2.14. The molecule has 0 nitrogen and oxygen atoms in total. The van der Waals surface area contributed by atoms with Crippen molar-refractivity contribution in [3.8, 4) is 0 Å². The molecule has 0 radical (unpaired) electrons. The van der Waals surface area contributed by atoms with Gasteiger partial charge in [-0.1, -0.05) is 67.1 Å². The van der Waals surface area contributed by atoms with Gasteiger partial charge < -0.3 is 0 Å². The van der Waals surface area contributed by atoms with E-state index in [9.17, 15) is 0 Å². The molecule has 0 heterocycles. The van der Waals surface area contributed by atoms with E-state index in [2.05, 4.69) is 75.4 Å². The summed E-state index contributed by atoms with van der Waals surface area (Å²) in [7, 11) is 0. The van der Waals surface area contributed by atoms with Crippen LogP contribution in [0.15, 0.2) is 60.2 Å². The van der Waals surface area contributed by atoms with Crippen molar-refractivity contribution in [3.05, 3.63) is 76.9 Å². The summed E-state index contributed by atoms with van der Waals surface area (Å²) < 4.78 is 0. The molecule has 0 fully saturated rings. The van der Waals surface area contributed by atoms with E-state index in [1.54, 1.807) is 0 Å². The standard InChI is InChI=1S/C18H20/c1-4-14(2)18(16-11-6-5-7-12-16)17-13-9-8-10-15(17)3/h5-13H,4H2,1-3H3/b18-14+. The maximum Gasteiger partial charge on any atom is -0.0120 e. The summed E-state index contributed by atoms with van der Waals surface area (Å²) >= 11 is 0. The Morgan fingerprint density at radius 2 is 1.50 bits per heavy atom. The molecule has 0 heteroatoms. The summed E-state index contributed by atoms with van der Waals surface area (Å²) in [5.74, 6) is 0. The fraction of sp³-hybridized carbons (Fsp3) is 0.222. The van der Waals surface area contributed by atoms with E-state index in [4.69, 9.17) is 0 Å². The molecule has 0 amide bonds. The molecule has 0 aliphatic carbocycles. The van der Waals surface area contributed by atoms with Gasteiger partial charge in [0.2, 0.25) is 0 Å². The number of aryl methyl sites for hydroxylation is 1. The van der Waals surface area contributed by atoms with Gasteiger partial charge in [-0.25, -0.2) is 0 Å². The molecule has 0 N–H and O–H groups in total. The van der Waals surface area contributed by atoms with E-state index in [0.29, 0.717) is 0 Å². The first-order valence-corrected chi connectivity index (χ1v) is 6.55. The van der Waals surface area contributed by atoms with Gasteiger partial charge in [-0.2, -0.15) is 0 Å². The summed E-state index contributed by atoms with van der Waals surface area (Å²) in [5.41, 5.74) is 6.82. The minimum atomic E-state index is 1.08. The average molecular weight is 236 g/mol. The van der Waals surface area contributed by atoms with Gasteiger partial charge in [0.25, 0.3) is 0 Å². The highest BCUT2D eigenvalue weighted by atomic mass is 14.1. The average Bonchev–Trinajstić information content (AvgIpc) is 2.42. The molecule has 2 aromatic rings. The van der Waals surface area contributed by atoms with Crippen molar-refractivity contribution in [2.24, 2.45) is 0 Å². The van der Waals surface area contributed by atoms with Crippen LogP contribution in [0.3, 0.4) is 0 Å². The molecule has 2 rings (SSSR count). The van der Waals surface area contributed by atoms with Crippen molar-refractivity contribution in [1.82, 2.24) is 0 Å². The fourth-order valence-electron chi connectivity index (χ4n) is 2.27. The van der Waals surface area contributed by atoms with Crippen LogP contribution in [0.1, 0.15) is 37.0 Å². The Labute approximate surface area is 110 Å². The minimum absolute atomic E-state index is 1.08. The quantitative estimate of drug-likeness (QED) is 0.684. The second-order valence-electron chi connectivity index (χ2n) is 4.69. The van der Waals surface area contributed by atoms with Crippen molar-refractivity contribution in [2.45, 2.75) is 27.2 Å². The van der Waals surface area contributed by atoms with Gasteiger partial charge in [0.15, 0.2) is 0 Å². The predicted molar refractivity (Wildman–Crippen MR) is 79.6 cm³/mol. The van der Waals surface area contributed by atoms with Crippen LogP contribution in [0.4, 0.5) is 0 Å². The molecule has 0 atom stereocenters. The van der Waals surface area contributed by atoms with E-state index in [-0.39, 0.29) is 0 Å². The van der Waals surface area contributed by atoms with E-state index >= 15 is 0 Å². The molecule has 2 aromatic carbocycles. The van der Waals surface area contributed by atoms with Gasteiger partial charge in [-0.3, -0.25) is 0 Å². The second-order valence-corrected chi connectivity index (χ2v) is 4.69. The molecule has 0 aliphatic rings. The molecule has 0 aromatic heterocycles. The van der Waals surface area contributed by atoms with Gasteiger partial charge in [-0.15, -0.1) is 0 Å². The SMILES string of the molecule is CC/C(C)=C(\c1ccccc1)c1ccccc1C. The molecular weight excluding hydrogens is 216 g/mol. The monoisotopic (exact) mass is 236 g/mol.